The summed E-state index contributed by atoms with van der Waals surface area (Å²) < 4.78 is 11.0. The second-order valence-corrected chi connectivity index (χ2v) is 5.43. The van der Waals surface area contributed by atoms with Crippen LogP contribution in [0.5, 0.6) is 5.75 Å². The number of ether oxygens (including phenoxy) is 1. The molecule has 5 nitrogen and oxygen atoms in total. The number of hydrazone groups is 1. The van der Waals surface area contributed by atoms with Crippen molar-refractivity contribution < 1.29 is 13.9 Å². The molecule has 1 amide bonds. The number of hydrogen-bond acceptors (Lipinski definition) is 4. The molecule has 0 spiro atoms. The van der Waals surface area contributed by atoms with Crippen LogP contribution in [0, 0.1) is 0 Å². The lowest BCUT2D eigenvalue weighted by Gasteiger charge is -2.00. The van der Waals surface area contributed by atoms with E-state index in [1.165, 1.54) is 6.21 Å². The van der Waals surface area contributed by atoms with Crippen LogP contribution in [0.15, 0.2) is 58.0 Å². The summed E-state index contributed by atoms with van der Waals surface area (Å²) in [7, 11) is 0. The summed E-state index contributed by atoms with van der Waals surface area (Å²) >= 11 is 5.89. The molecule has 0 aliphatic heterocycles. The molecule has 0 bridgehead atoms. The minimum absolute atomic E-state index is 0.182. The van der Waals surface area contributed by atoms with Crippen molar-refractivity contribution in [3.8, 4) is 5.75 Å². The SMILES string of the molecule is CCOc1ccc2oc(C(=O)N/N=C/c3cccc(Cl)c3)cc2c1. The van der Waals surface area contributed by atoms with Crippen molar-refractivity contribution in [1.29, 1.82) is 0 Å². The van der Waals surface area contributed by atoms with Gasteiger partial charge in [-0.15, -0.1) is 0 Å². The van der Waals surface area contributed by atoms with E-state index in [9.17, 15) is 4.79 Å². The topological polar surface area (TPSA) is 63.8 Å². The summed E-state index contributed by atoms with van der Waals surface area (Å²) in [5, 5.41) is 5.31. The van der Waals surface area contributed by atoms with Gasteiger partial charge in [-0.3, -0.25) is 4.79 Å². The molecule has 3 rings (SSSR count). The molecule has 1 heterocycles. The number of benzene rings is 2. The van der Waals surface area contributed by atoms with Gasteiger partial charge in [0.25, 0.3) is 0 Å². The van der Waals surface area contributed by atoms with Gasteiger partial charge in [0.1, 0.15) is 11.3 Å². The van der Waals surface area contributed by atoms with Crippen molar-refractivity contribution in [2.75, 3.05) is 6.61 Å². The molecule has 0 radical (unpaired) electrons. The number of furan rings is 1. The quantitative estimate of drug-likeness (QED) is 0.557. The number of hydrogen-bond donors (Lipinski definition) is 1. The van der Waals surface area contributed by atoms with Crippen LogP contribution in [-0.2, 0) is 0 Å². The first-order valence-electron chi connectivity index (χ1n) is 7.41. The minimum Gasteiger partial charge on any atom is -0.494 e. The van der Waals surface area contributed by atoms with E-state index < -0.39 is 5.91 Å². The lowest BCUT2D eigenvalue weighted by molar-refractivity contribution is 0.0929. The zero-order valence-corrected chi connectivity index (χ0v) is 13.7. The van der Waals surface area contributed by atoms with E-state index in [1.807, 2.05) is 19.1 Å². The van der Waals surface area contributed by atoms with E-state index in [-0.39, 0.29) is 5.76 Å². The first-order valence-corrected chi connectivity index (χ1v) is 7.79. The average Bonchev–Trinajstić information content (AvgIpc) is 2.98. The maximum Gasteiger partial charge on any atom is 0.307 e. The lowest BCUT2D eigenvalue weighted by atomic mass is 10.2. The summed E-state index contributed by atoms with van der Waals surface area (Å²) in [6.07, 6.45) is 1.51. The average molecular weight is 343 g/mol. The summed E-state index contributed by atoms with van der Waals surface area (Å²) in [5.41, 5.74) is 3.83. The third kappa shape index (κ3) is 3.75. The highest BCUT2D eigenvalue weighted by molar-refractivity contribution is 6.30. The molecular formula is C18H15ClN2O3. The van der Waals surface area contributed by atoms with Crippen LogP contribution in [-0.4, -0.2) is 18.7 Å². The zero-order chi connectivity index (χ0) is 16.9. The van der Waals surface area contributed by atoms with E-state index in [0.29, 0.717) is 17.2 Å². The summed E-state index contributed by atoms with van der Waals surface area (Å²) in [5.74, 6) is 0.487. The Bertz CT molecular complexity index is 902. The number of amides is 1. The zero-order valence-electron chi connectivity index (χ0n) is 13.0. The van der Waals surface area contributed by atoms with Crippen LogP contribution >= 0.6 is 11.6 Å². The third-order valence-electron chi connectivity index (χ3n) is 3.25. The van der Waals surface area contributed by atoms with Gasteiger partial charge >= 0.3 is 5.91 Å². The number of nitrogens with zero attached hydrogens (tertiary/aromatic N) is 1. The maximum absolute atomic E-state index is 12.1. The standard InChI is InChI=1S/C18H15ClN2O3/c1-2-23-15-6-7-16-13(9-15)10-17(24-16)18(22)21-20-11-12-4-3-5-14(19)8-12/h3-11H,2H2,1H3,(H,21,22)/b20-11+. The van der Waals surface area contributed by atoms with Crippen LogP contribution in [0.25, 0.3) is 11.0 Å². The third-order valence-corrected chi connectivity index (χ3v) is 3.49. The predicted octanol–water partition coefficient (Wildman–Crippen LogP) is 4.25. The normalized spacial score (nSPS) is 11.1. The first kappa shape index (κ1) is 16.1. The van der Waals surface area contributed by atoms with Gasteiger partial charge in [0.2, 0.25) is 0 Å². The number of nitrogens with one attached hydrogen (secondary N) is 1. The van der Waals surface area contributed by atoms with Gasteiger partial charge in [0, 0.05) is 10.4 Å². The highest BCUT2D eigenvalue weighted by atomic mass is 35.5. The number of carbonyl (C=O) groups is 1. The summed E-state index contributed by atoms with van der Waals surface area (Å²) in [4.78, 5) is 12.1. The van der Waals surface area contributed by atoms with E-state index in [0.717, 1.165) is 16.7 Å². The lowest BCUT2D eigenvalue weighted by Crippen LogP contribution is -2.16. The molecule has 0 saturated heterocycles. The van der Waals surface area contributed by atoms with Crippen molar-refractivity contribution in [2.24, 2.45) is 5.10 Å². The van der Waals surface area contributed by atoms with Crippen molar-refractivity contribution in [1.82, 2.24) is 5.43 Å². The van der Waals surface area contributed by atoms with Crippen LogP contribution in [0.4, 0.5) is 0 Å². The Morgan fingerprint density at radius 1 is 1.29 bits per heavy atom. The van der Waals surface area contributed by atoms with Crippen molar-refractivity contribution in [3.05, 3.63) is 64.9 Å². The fourth-order valence-corrected chi connectivity index (χ4v) is 2.40. The Morgan fingerprint density at radius 3 is 2.96 bits per heavy atom. The van der Waals surface area contributed by atoms with Gasteiger partial charge in [0.05, 0.1) is 12.8 Å². The Kier molecular flexibility index (Phi) is 4.82. The number of rotatable bonds is 5. The van der Waals surface area contributed by atoms with E-state index in [4.69, 9.17) is 20.8 Å². The molecule has 0 fully saturated rings. The van der Waals surface area contributed by atoms with E-state index >= 15 is 0 Å². The Hall–Kier alpha value is -2.79. The first-order chi connectivity index (χ1) is 11.7. The number of fused-ring (bicyclic) bond motifs is 1. The van der Waals surface area contributed by atoms with Gasteiger partial charge in [-0.25, -0.2) is 5.43 Å². The highest BCUT2D eigenvalue weighted by Crippen LogP contribution is 2.24. The Morgan fingerprint density at radius 2 is 2.17 bits per heavy atom. The molecule has 6 heteroatoms. The second-order valence-electron chi connectivity index (χ2n) is 5.00. The molecule has 122 valence electrons. The smallest absolute Gasteiger partial charge is 0.307 e. The summed E-state index contributed by atoms with van der Waals surface area (Å²) in [6.45, 7) is 2.49. The Labute approximate surface area is 143 Å². The fourth-order valence-electron chi connectivity index (χ4n) is 2.20. The van der Waals surface area contributed by atoms with Gasteiger partial charge in [-0.05, 0) is 48.9 Å². The van der Waals surface area contributed by atoms with Crippen molar-refractivity contribution in [3.63, 3.8) is 0 Å². The fraction of sp³-hybridized carbons (Fsp3) is 0.111. The second kappa shape index (κ2) is 7.19. The van der Waals surface area contributed by atoms with Gasteiger partial charge < -0.3 is 9.15 Å². The number of carbonyl (C=O) groups excluding carboxylic acids is 1. The molecule has 0 atom stereocenters. The monoisotopic (exact) mass is 342 g/mol. The molecule has 0 unspecified atom stereocenters. The molecule has 1 aromatic heterocycles. The Balaban J connectivity index is 1.71. The van der Waals surface area contributed by atoms with Gasteiger partial charge in [0.15, 0.2) is 5.76 Å². The molecule has 24 heavy (non-hydrogen) atoms. The molecule has 3 aromatic rings. The maximum atomic E-state index is 12.1. The van der Waals surface area contributed by atoms with E-state index in [2.05, 4.69) is 10.5 Å². The van der Waals surface area contributed by atoms with Crippen molar-refractivity contribution >= 4 is 34.7 Å². The van der Waals surface area contributed by atoms with Crippen LogP contribution in [0.2, 0.25) is 5.02 Å². The van der Waals surface area contributed by atoms with Crippen LogP contribution < -0.4 is 10.2 Å². The van der Waals surface area contributed by atoms with Gasteiger partial charge in [-0.2, -0.15) is 5.10 Å². The van der Waals surface area contributed by atoms with Gasteiger partial charge in [-0.1, -0.05) is 23.7 Å². The molecule has 0 aliphatic carbocycles. The minimum atomic E-state index is -0.428. The van der Waals surface area contributed by atoms with Crippen molar-refractivity contribution in [2.45, 2.75) is 6.92 Å². The molecule has 0 saturated carbocycles. The van der Waals surface area contributed by atoms with E-state index in [1.54, 1.807) is 36.4 Å². The molecule has 0 aliphatic rings. The van der Waals surface area contributed by atoms with Crippen LogP contribution in [0.1, 0.15) is 23.0 Å². The highest BCUT2D eigenvalue weighted by Gasteiger charge is 2.12. The molecule has 2 aromatic carbocycles. The van der Waals surface area contributed by atoms with Crippen LogP contribution in [0.3, 0.4) is 0 Å². The molecular weight excluding hydrogens is 328 g/mol. The largest absolute Gasteiger partial charge is 0.494 e. The number of halogens is 1. The molecule has 1 N–H and O–H groups in total. The summed E-state index contributed by atoms with van der Waals surface area (Å²) in [6, 6.07) is 14.2. The predicted molar refractivity (Wildman–Crippen MR) is 93.9 cm³/mol.